The molecule has 0 aliphatic rings. The van der Waals surface area contributed by atoms with Crippen LogP contribution in [0, 0.1) is 0 Å². The van der Waals surface area contributed by atoms with Crippen molar-refractivity contribution >= 4 is 11.6 Å². The van der Waals surface area contributed by atoms with Crippen LogP contribution in [-0.2, 0) is 0 Å². The first kappa shape index (κ1) is 10.6. The van der Waals surface area contributed by atoms with E-state index >= 15 is 0 Å². The second-order valence-electron chi connectivity index (χ2n) is 3.30. The molecule has 4 heteroatoms. The molecule has 74 valence electrons. The molecule has 1 aromatic heterocycles. The summed E-state index contributed by atoms with van der Waals surface area (Å²) in [7, 11) is 0. The van der Waals surface area contributed by atoms with Crippen molar-refractivity contribution in [3.05, 3.63) is 22.6 Å². The third kappa shape index (κ3) is 2.24. The van der Waals surface area contributed by atoms with Crippen LogP contribution in [0.25, 0.3) is 0 Å². The first-order valence-corrected chi connectivity index (χ1v) is 4.59. The van der Waals surface area contributed by atoms with E-state index in [0.29, 0.717) is 10.8 Å². The van der Waals surface area contributed by atoms with Crippen molar-refractivity contribution in [3.63, 3.8) is 0 Å². The van der Waals surface area contributed by atoms with E-state index < -0.39 is 6.04 Å². The van der Waals surface area contributed by atoms with Crippen molar-refractivity contribution in [2.45, 2.75) is 25.8 Å². The Bertz CT molecular complexity index is 283. The SMILES string of the molecule is CC(C)c1oc(C(N)CO)cc1Cl. The molecule has 1 atom stereocenters. The molecular weight excluding hydrogens is 190 g/mol. The predicted octanol–water partition coefficient (Wildman–Crippen LogP) is 2.05. The lowest BCUT2D eigenvalue weighted by molar-refractivity contribution is 0.249. The summed E-state index contributed by atoms with van der Waals surface area (Å²) in [5.74, 6) is 1.49. The van der Waals surface area contributed by atoms with Gasteiger partial charge in [-0.1, -0.05) is 25.4 Å². The molecule has 0 aromatic carbocycles. The zero-order valence-electron chi connectivity index (χ0n) is 7.75. The van der Waals surface area contributed by atoms with Crippen LogP contribution in [0.1, 0.15) is 37.3 Å². The van der Waals surface area contributed by atoms with E-state index in [2.05, 4.69) is 0 Å². The van der Waals surface area contributed by atoms with E-state index in [4.69, 9.17) is 26.9 Å². The Morgan fingerprint density at radius 2 is 2.23 bits per heavy atom. The van der Waals surface area contributed by atoms with E-state index in [1.54, 1.807) is 6.07 Å². The van der Waals surface area contributed by atoms with Crippen LogP contribution < -0.4 is 5.73 Å². The van der Waals surface area contributed by atoms with Crippen LogP contribution >= 0.6 is 11.6 Å². The summed E-state index contributed by atoms with van der Waals surface area (Å²) in [6.45, 7) is 3.83. The molecule has 3 N–H and O–H groups in total. The monoisotopic (exact) mass is 203 g/mol. The number of halogens is 1. The Kier molecular flexibility index (Phi) is 3.36. The summed E-state index contributed by atoms with van der Waals surface area (Å²) in [5.41, 5.74) is 5.57. The highest BCUT2D eigenvalue weighted by atomic mass is 35.5. The topological polar surface area (TPSA) is 59.4 Å². The van der Waals surface area contributed by atoms with Crippen LogP contribution in [0.4, 0.5) is 0 Å². The number of furan rings is 1. The third-order valence-corrected chi connectivity index (χ3v) is 2.11. The quantitative estimate of drug-likeness (QED) is 0.791. The molecule has 0 radical (unpaired) electrons. The first-order chi connectivity index (χ1) is 6.06. The predicted molar refractivity (Wildman–Crippen MR) is 51.8 cm³/mol. The van der Waals surface area contributed by atoms with Crippen molar-refractivity contribution in [2.24, 2.45) is 5.73 Å². The highest BCUT2D eigenvalue weighted by Gasteiger charge is 2.16. The average molecular weight is 204 g/mol. The molecule has 1 unspecified atom stereocenters. The zero-order chi connectivity index (χ0) is 10.0. The molecule has 0 saturated carbocycles. The molecule has 1 heterocycles. The summed E-state index contributed by atoms with van der Waals surface area (Å²) in [6, 6.07) is 1.18. The van der Waals surface area contributed by atoms with Crippen molar-refractivity contribution in [1.29, 1.82) is 0 Å². The fourth-order valence-electron chi connectivity index (χ4n) is 1.07. The van der Waals surface area contributed by atoms with Crippen LogP contribution in [-0.4, -0.2) is 11.7 Å². The molecule has 0 bridgehead atoms. The van der Waals surface area contributed by atoms with E-state index in [0.717, 1.165) is 5.76 Å². The fraction of sp³-hybridized carbons (Fsp3) is 0.556. The van der Waals surface area contributed by atoms with Gasteiger partial charge < -0.3 is 15.3 Å². The highest BCUT2D eigenvalue weighted by Crippen LogP contribution is 2.29. The second kappa shape index (κ2) is 4.13. The maximum absolute atomic E-state index is 8.80. The minimum absolute atomic E-state index is 0.138. The molecule has 0 aliphatic carbocycles. The number of nitrogens with two attached hydrogens (primary N) is 1. The van der Waals surface area contributed by atoms with Gasteiger partial charge >= 0.3 is 0 Å². The molecule has 0 amide bonds. The van der Waals surface area contributed by atoms with Crippen LogP contribution in [0.15, 0.2) is 10.5 Å². The van der Waals surface area contributed by atoms with Gasteiger partial charge in [-0.15, -0.1) is 0 Å². The molecule has 1 aromatic rings. The van der Waals surface area contributed by atoms with Crippen LogP contribution in [0.5, 0.6) is 0 Å². The van der Waals surface area contributed by atoms with E-state index in [1.807, 2.05) is 13.8 Å². The van der Waals surface area contributed by atoms with Crippen molar-refractivity contribution in [1.82, 2.24) is 0 Å². The lowest BCUT2D eigenvalue weighted by atomic mass is 10.2. The minimum Gasteiger partial charge on any atom is -0.462 e. The van der Waals surface area contributed by atoms with Crippen molar-refractivity contribution < 1.29 is 9.52 Å². The van der Waals surface area contributed by atoms with Gasteiger partial charge in [-0.2, -0.15) is 0 Å². The lowest BCUT2D eigenvalue weighted by Crippen LogP contribution is -2.13. The average Bonchev–Trinajstić information content (AvgIpc) is 2.46. The first-order valence-electron chi connectivity index (χ1n) is 4.21. The van der Waals surface area contributed by atoms with Gasteiger partial charge in [-0.05, 0) is 0 Å². The summed E-state index contributed by atoms with van der Waals surface area (Å²) in [4.78, 5) is 0. The Morgan fingerprint density at radius 1 is 1.62 bits per heavy atom. The fourth-order valence-corrected chi connectivity index (χ4v) is 1.43. The van der Waals surface area contributed by atoms with Gasteiger partial charge in [-0.3, -0.25) is 0 Å². The van der Waals surface area contributed by atoms with Gasteiger partial charge in [-0.25, -0.2) is 0 Å². The largest absolute Gasteiger partial charge is 0.462 e. The number of hydrogen-bond donors (Lipinski definition) is 2. The summed E-state index contributed by atoms with van der Waals surface area (Å²) in [6.07, 6.45) is 0. The maximum atomic E-state index is 8.80. The number of rotatable bonds is 3. The number of aliphatic hydroxyl groups is 1. The van der Waals surface area contributed by atoms with Crippen LogP contribution in [0.3, 0.4) is 0 Å². The molecule has 3 nitrogen and oxygen atoms in total. The summed E-state index contributed by atoms with van der Waals surface area (Å²) >= 11 is 5.91. The summed E-state index contributed by atoms with van der Waals surface area (Å²) < 4.78 is 5.41. The highest BCUT2D eigenvalue weighted by molar-refractivity contribution is 6.31. The van der Waals surface area contributed by atoms with Gasteiger partial charge in [0.1, 0.15) is 11.5 Å². The van der Waals surface area contributed by atoms with Gasteiger partial charge in [0.15, 0.2) is 0 Å². The Labute approximate surface area is 82.5 Å². The molecule has 0 spiro atoms. The van der Waals surface area contributed by atoms with Gasteiger partial charge in [0, 0.05) is 12.0 Å². The molecule has 13 heavy (non-hydrogen) atoms. The number of hydrogen-bond acceptors (Lipinski definition) is 3. The molecular formula is C9H14ClNO2. The Morgan fingerprint density at radius 3 is 2.62 bits per heavy atom. The molecule has 1 rings (SSSR count). The van der Waals surface area contributed by atoms with Crippen molar-refractivity contribution in [3.8, 4) is 0 Å². The van der Waals surface area contributed by atoms with Crippen LogP contribution in [0.2, 0.25) is 5.02 Å². The van der Waals surface area contributed by atoms with Gasteiger partial charge in [0.25, 0.3) is 0 Å². The number of aliphatic hydroxyl groups excluding tert-OH is 1. The molecule has 0 saturated heterocycles. The lowest BCUT2D eigenvalue weighted by Gasteiger charge is -2.04. The van der Waals surface area contributed by atoms with E-state index in [-0.39, 0.29) is 12.5 Å². The minimum atomic E-state index is -0.481. The van der Waals surface area contributed by atoms with Crippen molar-refractivity contribution in [2.75, 3.05) is 6.61 Å². The summed E-state index contributed by atoms with van der Waals surface area (Å²) in [5, 5.41) is 9.38. The zero-order valence-corrected chi connectivity index (χ0v) is 8.51. The molecule has 0 aliphatic heterocycles. The van der Waals surface area contributed by atoms with Gasteiger partial charge in [0.2, 0.25) is 0 Å². The Balaban J connectivity index is 2.95. The third-order valence-electron chi connectivity index (χ3n) is 1.82. The van der Waals surface area contributed by atoms with E-state index in [9.17, 15) is 0 Å². The normalized spacial score (nSPS) is 13.7. The van der Waals surface area contributed by atoms with E-state index in [1.165, 1.54) is 0 Å². The standard InChI is InChI=1S/C9H14ClNO2/c1-5(2)9-6(10)3-8(13-9)7(11)4-12/h3,5,7,12H,4,11H2,1-2H3. The molecule has 0 fully saturated rings. The van der Waals surface area contributed by atoms with Gasteiger partial charge in [0.05, 0.1) is 17.7 Å². The smallest absolute Gasteiger partial charge is 0.125 e. The maximum Gasteiger partial charge on any atom is 0.125 e. The Hall–Kier alpha value is -0.510. The second-order valence-corrected chi connectivity index (χ2v) is 3.71.